The van der Waals surface area contributed by atoms with Crippen molar-refractivity contribution in [2.75, 3.05) is 0 Å². The Bertz CT molecular complexity index is 1540. The predicted octanol–water partition coefficient (Wildman–Crippen LogP) is 8.59. The first-order valence-corrected chi connectivity index (χ1v) is 16.8. The highest BCUT2D eigenvalue weighted by Gasteiger charge is 2.14. The summed E-state index contributed by atoms with van der Waals surface area (Å²) >= 11 is 10.5. The molecule has 0 radical (unpaired) electrons. The molecule has 4 rings (SSSR count). The van der Waals surface area contributed by atoms with Gasteiger partial charge in [0.25, 0.3) is 0 Å². The lowest BCUT2D eigenvalue weighted by Gasteiger charge is -2.19. The smallest absolute Gasteiger partial charge is 0.166 e. The molecule has 9 heteroatoms. The van der Waals surface area contributed by atoms with Crippen molar-refractivity contribution < 1.29 is 13.9 Å². The summed E-state index contributed by atoms with van der Waals surface area (Å²) in [5, 5.41) is 22.5. The summed E-state index contributed by atoms with van der Waals surface area (Å²) < 4.78 is 27.4. The molecule has 0 amide bonds. The van der Waals surface area contributed by atoms with Crippen molar-refractivity contribution in [1.29, 1.82) is 0 Å². The Balaban J connectivity index is 0.000000260. The second-order valence-corrected chi connectivity index (χ2v) is 14.7. The third kappa shape index (κ3) is 12.8. The molecule has 0 aromatic heterocycles. The Kier molecular flexibility index (Phi) is 13.9. The summed E-state index contributed by atoms with van der Waals surface area (Å²) in [6, 6.07) is 26.2. The average molecular weight is 691 g/mol. The second-order valence-electron chi connectivity index (χ2n) is 13.8. The predicted molar refractivity (Wildman–Crippen MR) is 202 cm³/mol. The molecule has 48 heavy (non-hydrogen) atoms. The number of hydrogen-bond acceptors (Lipinski definition) is 3. The molecule has 0 heterocycles. The van der Waals surface area contributed by atoms with Crippen LogP contribution in [0.1, 0.15) is 80.5 Å². The zero-order chi connectivity index (χ0) is 35.5. The van der Waals surface area contributed by atoms with Crippen LogP contribution in [0.5, 0.6) is 5.75 Å². The number of phenols is 1. The SMILES string of the molecule is CC(C)(C)c1ccc(CNC(=S)NCc2ccc(O)cc2F)cc1.Cc1ccc(CNC(=S)NCc2ccc(C(C)(C)C)cc2)c(F)c1. The summed E-state index contributed by atoms with van der Waals surface area (Å²) in [5.41, 5.74) is 7.15. The van der Waals surface area contributed by atoms with Crippen LogP contribution in [0.25, 0.3) is 0 Å². The van der Waals surface area contributed by atoms with E-state index in [9.17, 15) is 13.9 Å². The number of rotatable bonds is 8. The lowest BCUT2D eigenvalue weighted by atomic mass is 9.87. The number of benzene rings is 4. The molecule has 0 spiro atoms. The van der Waals surface area contributed by atoms with Crippen molar-refractivity contribution in [2.45, 2.75) is 85.5 Å². The monoisotopic (exact) mass is 690 g/mol. The molecular weight excluding hydrogens is 643 g/mol. The van der Waals surface area contributed by atoms with Crippen LogP contribution in [0, 0.1) is 18.6 Å². The topological polar surface area (TPSA) is 68.3 Å². The highest BCUT2D eigenvalue weighted by Crippen LogP contribution is 2.23. The lowest BCUT2D eigenvalue weighted by Crippen LogP contribution is -2.34. The molecular formula is C39H48F2N4OS2. The van der Waals surface area contributed by atoms with Crippen molar-refractivity contribution >= 4 is 34.7 Å². The maximum absolute atomic E-state index is 13.8. The van der Waals surface area contributed by atoms with Gasteiger partial charge in [-0.1, -0.05) is 108 Å². The number of nitrogens with one attached hydrogen (secondary N) is 4. The summed E-state index contributed by atoms with van der Waals surface area (Å²) in [4.78, 5) is 0. The van der Waals surface area contributed by atoms with E-state index in [1.54, 1.807) is 6.07 Å². The van der Waals surface area contributed by atoms with Crippen molar-refractivity contribution in [3.63, 3.8) is 0 Å². The Morgan fingerprint density at radius 2 is 0.938 bits per heavy atom. The molecule has 5 N–H and O–H groups in total. The van der Waals surface area contributed by atoms with Crippen molar-refractivity contribution in [1.82, 2.24) is 21.3 Å². The molecule has 0 atom stereocenters. The molecule has 0 bridgehead atoms. The van der Waals surface area contributed by atoms with Gasteiger partial charge < -0.3 is 26.4 Å². The minimum Gasteiger partial charge on any atom is -0.508 e. The second kappa shape index (κ2) is 17.4. The fraction of sp³-hybridized carbons (Fsp3) is 0.333. The van der Waals surface area contributed by atoms with Crippen LogP contribution >= 0.6 is 24.4 Å². The lowest BCUT2D eigenvalue weighted by molar-refractivity contribution is 0.467. The quantitative estimate of drug-likeness (QED) is 0.119. The zero-order valence-corrected chi connectivity index (χ0v) is 30.6. The number of thiocarbonyl (C=S) groups is 2. The van der Waals surface area contributed by atoms with Gasteiger partial charge in [-0.05, 0) is 82.1 Å². The van der Waals surface area contributed by atoms with E-state index in [1.807, 2.05) is 13.0 Å². The zero-order valence-electron chi connectivity index (χ0n) is 28.9. The molecule has 0 saturated carbocycles. The fourth-order valence-corrected chi connectivity index (χ4v) is 4.85. The summed E-state index contributed by atoms with van der Waals surface area (Å²) in [5.74, 6) is -0.748. The highest BCUT2D eigenvalue weighted by atomic mass is 32.1. The Morgan fingerprint density at radius 1 is 0.562 bits per heavy atom. The van der Waals surface area contributed by atoms with Gasteiger partial charge in [0.1, 0.15) is 17.4 Å². The molecule has 0 saturated heterocycles. The maximum Gasteiger partial charge on any atom is 0.166 e. The van der Waals surface area contributed by atoms with Gasteiger partial charge in [-0.15, -0.1) is 0 Å². The number of phenolic OH excluding ortho intramolecular Hbond substituents is 1. The van der Waals surface area contributed by atoms with E-state index >= 15 is 0 Å². The Morgan fingerprint density at radius 3 is 1.31 bits per heavy atom. The van der Waals surface area contributed by atoms with Crippen LogP contribution in [0.2, 0.25) is 0 Å². The van der Waals surface area contributed by atoms with Gasteiger partial charge >= 0.3 is 0 Å². The molecule has 4 aromatic rings. The molecule has 0 unspecified atom stereocenters. The third-order valence-electron chi connectivity index (χ3n) is 7.67. The molecule has 256 valence electrons. The first kappa shape index (κ1) is 38.4. The fourth-order valence-electron chi connectivity index (χ4n) is 4.56. The molecule has 0 aliphatic rings. The van der Waals surface area contributed by atoms with Crippen LogP contribution in [-0.4, -0.2) is 15.3 Å². The van der Waals surface area contributed by atoms with Gasteiger partial charge in [0.05, 0.1) is 0 Å². The van der Waals surface area contributed by atoms with Crippen molar-refractivity contribution in [3.8, 4) is 5.75 Å². The molecule has 0 fully saturated rings. The van der Waals surface area contributed by atoms with Gasteiger partial charge in [0, 0.05) is 43.4 Å². The molecule has 5 nitrogen and oxygen atoms in total. The molecule has 0 aliphatic heterocycles. The third-order valence-corrected chi connectivity index (χ3v) is 8.25. The van der Waals surface area contributed by atoms with Crippen molar-refractivity contribution in [3.05, 3.63) is 136 Å². The van der Waals surface area contributed by atoms with Gasteiger partial charge in [-0.2, -0.15) is 0 Å². The average Bonchev–Trinajstić information content (AvgIpc) is 3.02. The number of aryl methyl sites for hydroxylation is 1. The summed E-state index contributed by atoms with van der Waals surface area (Å²) in [6.07, 6.45) is 0. The van der Waals surface area contributed by atoms with E-state index in [4.69, 9.17) is 24.4 Å². The van der Waals surface area contributed by atoms with E-state index in [0.717, 1.165) is 22.8 Å². The van der Waals surface area contributed by atoms with E-state index in [2.05, 4.69) is 111 Å². The number of aromatic hydroxyl groups is 1. The van der Waals surface area contributed by atoms with Crippen LogP contribution in [-0.2, 0) is 37.0 Å². The normalized spacial score (nSPS) is 11.2. The van der Waals surface area contributed by atoms with E-state index < -0.39 is 5.82 Å². The van der Waals surface area contributed by atoms with E-state index in [0.29, 0.717) is 41.0 Å². The first-order chi connectivity index (χ1) is 22.5. The van der Waals surface area contributed by atoms with Crippen LogP contribution in [0.15, 0.2) is 84.9 Å². The van der Waals surface area contributed by atoms with Crippen LogP contribution in [0.3, 0.4) is 0 Å². The standard InChI is InChI=1S/C20H25FN2S.C19H23FN2OS/c1-14-5-8-16(18(21)11-14)13-23-19(24)22-12-15-6-9-17(10-7-15)20(2,3)4;1-19(2,3)15-7-4-13(5-8-15)11-21-18(24)22-12-14-6-9-16(23)10-17(14)20/h5-11H,12-13H2,1-4H3,(H2,22,23,24);4-10,23H,11-12H2,1-3H3,(H2,21,22,24). The van der Waals surface area contributed by atoms with Crippen molar-refractivity contribution in [2.24, 2.45) is 0 Å². The first-order valence-electron chi connectivity index (χ1n) is 16.0. The minimum atomic E-state index is -0.455. The Labute approximate surface area is 295 Å². The number of halogens is 2. The Hall–Kier alpha value is -4.08. The maximum atomic E-state index is 13.8. The van der Waals surface area contributed by atoms with Gasteiger partial charge in [0.15, 0.2) is 10.2 Å². The van der Waals surface area contributed by atoms with Crippen LogP contribution in [0.4, 0.5) is 8.78 Å². The van der Waals surface area contributed by atoms with Gasteiger partial charge in [-0.25, -0.2) is 8.78 Å². The number of hydrogen-bond donors (Lipinski definition) is 5. The summed E-state index contributed by atoms with van der Waals surface area (Å²) in [6.45, 7) is 16.9. The molecule has 0 aliphatic carbocycles. The molecule has 4 aromatic carbocycles. The minimum absolute atomic E-state index is 0.0874. The van der Waals surface area contributed by atoms with E-state index in [1.165, 1.54) is 29.3 Å². The largest absolute Gasteiger partial charge is 0.508 e. The highest BCUT2D eigenvalue weighted by molar-refractivity contribution is 7.80. The van der Waals surface area contributed by atoms with Gasteiger partial charge in [0.2, 0.25) is 0 Å². The van der Waals surface area contributed by atoms with Gasteiger partial charge in [-0.3, -0.25) is 0 Å². The summed E-state index contributed by atoms with van der Waals surface area (Å²) in [7, 11) is 0. The van der Waals surface area contributed by atoms with Crippen LogP contribution < -0.4 is 21.3 Å². The van der Waals surface area contributed by atoms with E-state index in [-0.39, 0.29) is 28.9 Å².